The van der Waals surface area contributed by atoms with E-state index in [-0.39, 0.29) is 10.7 Å². The third-order valence-electron chi connectivity index (χ3n) is 4.35. The normalized spacial score (nSPS) is 23.3. The van der Waals surface area contributed by atoms with Crippen molar-refractivity contribution < 1.29 is 14.1 Å². The van der Waals surface area contributed by atoms with Crippen molar-refractivity contribution in [3.05, 3.63) is 29.8 Å². The van der Waals surface area contributed by atoms with Crippen molar-refractivity contribution in [3.8, 4) is 0 Å². The minimum absolute atomic E-state index is 0.186. The Morgan fingerprint density at radius 2 is 1.91 bits per heavy atom. The summed E-state index contributed by atoms with van der Waals surface area (Å²) in [5.74, 6) is -0.297. The Balaban J connectivity index is 1.93. The molecule has 0 amide bonds. The van der Waals surface area contributed by atoms with E-state index in [2.05, 4.69) is 11.4 Å². The van der Waals surface area contributed by atoms with Crippen LogP contribution in [0.2, 0.25) is 0 Å². The second-order valence-electron chi connectivity index (χ2n) is 7.33. The molecular formula is C18H27NO3S. The van der Waals surface area contributed by atoms with Gasteiger partial charge < -0.3 is 10.4 Å². The number of nitrogens with one attached hydrogen (secondary N) is 1. The Kier molecular flexibility index (Phi) is 5.84. The van der Waals surface area contributed by atoms with Crippen LogP contribution in [0.4, 0.5) is 5.69 Å². The van der Waals surface area contributed by atoms with Gasteiger partial charge in [-0.25, -0.2) is 0 Å². The molecule has 2 rings (SSSR count). The van der Waals surface area contributed by atoms with Crippen molar-refractivity contribution in [2.45, 2.75) is 63.0 Å². The monoisotopic (exact) mass is 337 g/mol. The van der Waals surface area contributed by atoms with Gasteiger partial charge in [0.05, 0.1) is 5.92 Å². The fourth-order valence-electron chi connectivity index (χ4n) is 2.84. The molecule has 0 bridgehead atoms. The summed E-state index contributed by atoms with van der Waals surface area (Å²) < 4.78 is 12.1. The number of hydrogen-bond acceptors (Lipinski definition) is 3. The molecule has 1 aliphatic rings. The number of carbonyl (C=O) groups is 1. The standard InChI is InChI=1S/C18H27NO3S/c1-18(2,3)23(22)12-13-5-4-6-16(11-13)19-15-9-7-14(8-10-15)17(20)21/h4-6,11,14-15,19H,7-10,12H2,1-3H3,(H,20,21). The quantitative estimate of drug-likeness (QED) is 0.858. The van der Waals surface area contributed by atoms with Crippen molar-refractivity contribution in [3.63, 3.8) is 0 Å². The lowest BCUT2D eigenvalue weighted by Gasteiger charge is -2.27. The van der Waals surface area contributed by atoms with E-state index in [1.165, 1.54) is 0 Å². The lowest BCUT2D eigenvalue weighted by Crippen LogP contribution is -2.29. The van der Waals surface area contributed by atoms with Gasteiger partial charge in [0.1, 0.15) is 0 Å². The lowest BCUT2D eigenvalue weighted by atomic mass is 9.86. The number of aliphatic carboxylic acids is 1. The summed E-state index contributed by atoms with van der Waals surface area (Å²) in [6.45, 7) is 5.98. The van der Waals surface area contributed by atoms with Gasteiger partial charge >= 0.3 is 5.97 Å². The third kappa shape index (κ3) is 5.34. The highest BCUT2D eigenvalue weighted by molar-refractivity contribution is 7.85. The fraction of sp³-hybridized carbons (Fsp3) is 0.611. The summed E-state index contributed by atoms with van der Waals surface area (Å²) >= 11 is 0. The summed E-state index contributed by atoms with van der Waals surface area (Å²) in [5.41, 5.74) is 2.11. The van der Waals surface area contributed by atoms with E-state index in [0.29, 0.717) is 11.8 Å². The number of rotatable bonds is 5. The van der Waals surface area contributed by atoms with Crippen molar-refractivity contribution in [1.82, 2.24) is 0 Å². The van der Waals surface area contributed by atoms with Gasteiger partial charge in [-0.1, -0.05) is 12.1 Å². The Hall–Kier alpha value is -1.36. The molecular weight excluding hydrogens is 310 g/mol. The van der Waals surface area contributed by atoms with Crippen LogP contribution in [0.3, 0.4) is 0 Å². The third-order valence-corrected chi connectivity index (χ3v) is 6.32. The molecule has 1 fully saturated rings. The maximum Gasteiger partial charge on any atom is 0.306 e. The maximum atomic E-state index is 12.3. The highest BCUT2D eigenvalue weighted by atomic mass is 32.2. The average molecular weight is 337 g/mol. The molecule has 1 aromatic rings. The van der Waals surface area contributed by atoms with Crippen LogP contribution in [0, 0.1) is 5.92 Å². The largest absolute Gasteiger partial charge is 0.481 e. The zero-order valence-electron chi connectivity index (χ0n) is 14.2. The average Bonchev–Trinajstić information content (AvgIpc) is 2.47. The van der Waals surface area contributed by atoms with Gasteiger partial charge in [0.2, 0.25) is 0 Å². The molecule has 0 aliphatic heterocycles. The van der Waals surface area contributed by atoms with Gasteiger partial charge in [-0.2, -0.15) is 0 Å². The summed E-state index contributed by atoms with van der Waals surface area (Å²) in [6.07, 6.45) is 3.24. The molecule has 4 nitrogen and oxygen atoms in total. The minimum atomic E-state index is -0.906. The first-order valence-corrected chi connectivity index (χ1v) is 9.54. The molecule has 1 aliphatic carbocycles. The van der Waals surface area contributed by atoms with E-state index in [1.54, 1.807) is 0 Å². The molecule has 0 aromatic heterocycles. The summed E-state index contributed by atoms with van der Waals surface area (Å²) in [4.78, 5) is 11.0. The zero-order valence-corrected chi connectivity index (χ0v) is 15.0. The molecule has 23 heavy (non-hydrogen) atoms. The first kappa shape index (κ1) is 18.0. The Labute approximate surface area is 141 Å². The first-order chi connectivity index (χ1) is 10.8. The molecule has 5 heteroatoms. The van der Waals surface area contributed by atoms with Crippen LogP contribution in [0.15, 0.2) is 24.3 Å². The lowest BCUT2D eigenvalue weighted by molar-refractivity contribution is -0.142. The van der Waals surface area contributed by atoms with Crippen LogP contribution >= 0.6 is 0 Å². The molecule has 0 heterocycles. The van der Waals surface area contributed by atoms with Gasteiger partial charge in [0.25, 0.3) is 0 Å². The number of benzene rings is 1. The maximum absolute atomic E-state index is 12.3. The predicted octanol–water partition coefficient (Wildman–Crippen LogP) is 3.79. The van der Waals surface area contributed by atoms with Crippen molar-refractivity contribution in [2.24, 2.45) is 5.92 Å². The molecule has 1 atom stereocenters. The number of carboxylic acids is 1. The van der Waals surface area contributed by atoms with Crippen molar-refractivity contribution >= 4 is 22.5 Å². The molecule has 2 N–H and O–H groups in total. The van der Waals surface area contributed by atoms with Gasteiger partial charge in [-0.15, -0.1) is 0 Å². The smallest absolute Gasteiger partial charge is 0.306 e. The molecule has 0 radical (unpaired) electrons. The number of hydrogen-bond donors (Lipinski definition) is 2. The Bertz CT molecular complexity index is 572. The fourth-order valence-corrected chi connectivity index (χ4v) is 3.75. The van der Waals surface area contributed by atoms with Crippen LogP contribution in [0.1, 0.15) is 52.0 Å². The van der Waals surface area contributed by atoms with Gasteiger partial charge in [-0.3, -0.25) is 9.00 Å². The van der Waals surface area contributed by atoms with Crippen molar-refractivity contribution in [2.75, 3.05) is 5.32 Å². The molecule has 1 aromatic carbocycles. The highest BCUT2D eigenvalue weighted by Gasteiger charge is 2.26. The van der Waals surface area contributed by atoms with E-state index < -0.39 is 16.8 Å². The topological polar surface area (TPSA) is 66.4 Å². The second kappa shape index (κ2) is 7.47. The van der Waals surface area contributed by atoms with Gasteiger partial charge in [0, 0.05) is 33.0 Å². The number of anilines is 1. The predicted molar refractivity (Wildman–Crippen MR) is 95.0 cm³/mol. The SMILES string of the molecule is CC(C)(C)S(=O)Cc1cccc(NC2CCC(C(=O)O)CC2)c1. The minimum Gasteiger partial charge on any atom is -0.481 e. The van der Waals surface area contributed by atoms with E-state index in [4.69, 9.17) is 5.11 Å². The Morgan fingerprint density at radius 1 is 1.26 bits per heavy atom. The second-order valence-corrected chi connectivity index (χ2v) is 9.54. The number of carboxylic acid groups (broad SMARTS) is 1. The van der Waals surface area contributed by atoms with E-state index in [9.17, 15) is 9.00 Å². The summed E-state index contributed by atoms with van der Waals surface area (Å²) in [5, 5.41) is 12.6. The van der Waals surface area contributed by atoms with E-state index in [1.807, 2.05) is 39.0 Å². The summed E-state index contributed by atoms with van der Waals surface area (Å²) in [7, 11) is -0.906. The van der Waals surface area contributed by atoms with Gasteiger partial charge in [0.15, 0.2) is 0 Å². The van der Waals surface area contributed by atoms with Crippen LogP contribution in [0.25, 0.3) is 0 Å². The summed E-state index contributed by atoms with van der Waals surface area (Å²) in [6, 6.07) is 8.41. The van der Waals surface area contributed by atoms with Crippen molar-refractivity contribution in [1.29, 1.82) is 0 Å². The van der Waals surface area contributed by atoms with E-state index >= 15 is 0 Å². The van der Waals surface area contributed by atoms with Crippen LogP contribution in [-0.4, -0.2) is 26.1 Å². The molecule has 1 saturated carbocycles. The molecule has 1 unspecified atom stereocenters. The van der Waals surface area contributed by atoms with Crippen LogP contribution in [-0.2, 0) is 21.3 Å². The van der Waals surface area contributed by atoms with E-state index in [0.717, 1.165) is 36.9 Å². The van der Waals surface area contributed by atoms with Crippen LogP contribution in [0.5, 0.6) is 0 Å². The molecule has 0 saturated heterocycles. The molecule has 128 valence electrons. The molecule has 0 spiro atoms. The zero-order chi connectivity index (χ0) is 17.0. The van der Waals surface area contributed by atoms with Gasteiger partial charge in [-0.05, 0) is 64.2 Å². The first-order valence-electron chi connectivity index (χ1n) is 8.22. The highest BCUT2D eigenvalue weighted by Crippen LogP contribution is 2.27. The Morgan fingerprint density at radius 3 is 2.48 bits per heavy atom. The van der Waals surface area contributed by atoms with Crippen LogP contribution < -0.4 is 5.32 Å².